The summed E-state index contributed by atoms with van der Waals surface area (Å²) in [5, 5.41) is 1.00. The number of nitrogens with zero attached hydrogens (tertiary/aromatic N) is 4. The maximum absolute atomic E-state index is 13.2. The van der Waals surface area contributed by atoms with Gasteiger partial charge in [-0.25, -0.2) is 10.0 Å². The monoisotopic (exact) mass is 497 g/mol. The van der Waals surface area contributed by atoms with E-state index in [2.05, 4.69) is 9.97 Å². The zero-order valence-electron chi connectivity index (χ0n) is 19.4. The zero-order chi connectivity index (χ0) is 25.3. The van der Waals surface area contributed by atoms with E-state index in [4.69, 9.17) is 16.4 Å². The Balaban J connectivity index is 1.55. The number of nitrogens with one attached hydrogen (secondary N) is 1. The second kappa shape index (κ2) is 9.85. The Morgan fingerprint density at radius 2 is 1.86 bits per heavy atom. The standard InChI is InChI=1S/C24H24ClN5O5/c1-14-13-29(22(32)15-7-5-4-6-8-15)9-10-30(14)24(34)21(31)17-12-26-19-16(23(33)28(2)35-3)11-18(25)27-20(17)19/h4-8,11-12,14,26H,9-10,13H2,1-3H3/t14-/m1/s1. The van der Waals surface area contributed by atoms with Crippen LogP contribution in [0.1, 0.15) is 38.0 Å². The number of aromatic amines is 1. The van der Waals surface area contributed by atoms with Gasteiger partial charge in [-0.3, -0.25) is 24.0 Å². The van der Waals surface area contributed by atoms with E-state index in [0.29, 0.717) is 18.7 Å². The first-order valence-electron chi connectivity index (χ1n) is 10.9. The summed E-state index contributed by atoms with van der Waals surface area (Å²) < 4.78 is 0. The number of H-pyrrole nitrogens is 1. The number of hydroxylamine groups is 2. The molecule has 0 bridgehead atoms. The van der Waals surface area contributed by atoms with E-state index in [1.165, 1.54) is 31.3 Å². The Morgan fingerprint density at radius 3 is 2.51 bits per heavy atom. The molecule has 35 heavy (non-hydrogen) atoms. The molecule has 0 spiro atoms. The molecule has 3 heterocycles. The molecule has 1 atom stereocenters. The van der Waals surface area contributed by atoms with Crippen molar-refractivity contribution in [1.82, 2.24) is 24.8 Å². The van der Waals surface area contributed by atoms with Crippen molar-refractivity contribution in [3.8, 4) is 0 Å². The lowest BCUT2D eigenvalue weighted by atomic mass is 10.1. The molecule has 1 N–H and O–H groups in total. The van der Waals surface area contributed by atoms with E-state index in [-0.39, 0.29) is 45.8 Å². The molecule has 11 heteroatoms. The van der Waals surface area contributed by atoms with Crippen LogP contribution in [0, 0.1) is 0 Å². The summed E-state index contributed by atoms with van der Waals surface area (Å²) in [5.41, 5.74) is 1.12. The molecule has 1 aliphatic rings. The number of benzene rings is 1. The van der Waals surface area contributed by atoms with Gasteiger partial charge in [-0.15, -0.1) is 0 Å². The van der Waals surface area contributed by atoms with Crippen LogP contribution in [0.25, 0.3) is 11.0 Å². The highest BCUT2D eigenvalue weighted by molar-refractivity contribution is 6.45. The first kappa shape index (κ1) is 24.4. The number of hydrogen-bond donors (Lipinski definition) is 1. The number of fused-ring (bicyclic) bond motifs is 1. The summed E-state index contributed by atoms with van der Waals surface area (Å²) in [4.78, 5) is 66.9. The maximum Gasteiger partial charge on any atom is 0.295 e. The molecule has 182 valence electrons. The van der Waals surface area contributed by atoms with Gasteiger partial charge in [-0.2, -0.15) is 0 Å². The molecule has 0 saturated carbocycles. The van der Waals surface area contributed by atoms with Gasteiger partial charge in [0.15, 0.2) is 0 Å². The van der Waals surface area contributed by atoms with E-state index in [1.54, 1.807) is 36.1 Å². The topological polar surface area (TPSA) is 116 Å². The smallest absolute Gasteiger partial charge is 0.295 e. The van der Waals surface area contributed by atoms with Crippen LogP contribution in [0.4, 0.5) is 0 Å². The molecule has 0 radical (unpaired) electrons. The van der Waals surface area contributed by atoms with Gasteiger partial charge >= 0.3 is 0 Å². The van der Waals surface area contributed by atoms with E-state index in [1.807, 2.05) is 6.07 Å². The van der Waals surface area contributed by atoms with Crippen LogP contribution in [0.5, 0.6) is 0 Å². The molecule has 10 nitrogen and oxygen atoms in total. The van der Waals surface area contributed by atoms with Crippen LogP contribution >= 0.6 is 11.6 Å². The Hall–Kier alpha value is -3.76. The lowest BCUT2D eigenvalue weighted by molar-refractivity contribution is -0.130. The van der Waals surface area contributed by atoms with Crippen molar-refractivity contribution in [2.75, 3.05) is 33.8 Å². The third-order valence-electron chi connectivity index (χ3n) is 6.03. The van der Waals surface area contributed by atoms with Gasteiger partial charge in [0, 0.05) is 44.5 Å². The molecule has 1 aliphatic heterocycles. The molecular weight excluding hydrogens is 474 g/mol. The van der Waals surface area contributed by atoms with Crippen molar-refractivity contribution in [2.45, 2.75) is 13.0 Å². The number of rotatable bonds is 5. The van der Waals surface area contributed by atoms with E-state index >= 15 is 0 Å². The average molecular weight is 498 g/mol. The Bertz CT molecular complexity index is 1310. The van der Waals surface area contributed by atoms with E-state index in [0.717, 1.165) is 5.06 Å². The largest absolute Gasteiger partial charge is 0.358 e. The van der Waals surface area contributed by atoms with Crippen LogP contribution in [0.15, 0.2) is 42.6 Å². The minimum absolute atomic E-state index is 0.00661. The molecular formula is C24H24ClN5O5. The number of carbonyl (C=O) groups is 4. The van der Waals surface area contributed by atoms with Crippen LogP contribution in [0.2, 0.25) is 5.15 Å². The van der Waals surface area contributed by atoms with Crippen molar-refractivity contribution < 1.29 is 24.0 Å². The van der Waals surface area contributed by atoms with Gasteiger partial charge in [0.25, 0.3) is 23.5 Å². The number of ketones is 1. The lowest BCUT2D eigenvalue weighted by Crippen LogP contribution is -2.56. The van der Waals surface area contributed by atoms with Crippen molar-refractivity contribution in [2.24, 2.45) is 0 Å². The van der Waals surface area contributed by atoms with Gasteiger partial charge in [0.2, 0.25) is 0 Å². The van der Waals surface area contributed by atoms with Crippen LogP contribution in [-0.2, 0) is 9.63 Å². The minimum Gasteiger partial charge on any atom is -0.358 e. The fourth-order valence-corrected chi connectivity index (χ4v) is 4.31. The summed E-state index contributed by atoms with van der Waals surface area (Å²) >= 11 is 6.12. The predicted molar refractivity (Wildman–Crippen MR) is 128 cm³/mol. The second-order valence-corrected chi connectivity index (χ2v) is 8.58. The van der Waals surface area contributed by atoms with Gasteiger partial charge < -0.3 is 14.8 Å². The van der Waals surface area contributed by atoms with E-state index < -0.39 is 17.6 Å². The molecule has 3 amide bonds. The highest BCUT2D eigenvalue weighted by atomic mass is 35.5. The highest BCUT2D eigenvalue weighted by Crippen LogP contribution is 2.26. The quantitative estimate of drug-likeness (QED) is 0.250. The molecule has 1 saturated heterocycles. The number of amides is 3. The van der Waals surface area contributed by atoms with Gasteiger partial charge in [0.1, 0.15) is 10.7 Å². The zero-order valence-corrected chi connectivity index (χ0v) is 20.2. The van der Waals surface area contributed by atoms with Crippen LogP contribution in [-0.4, -0.2) is 88.2 Å². The molecule has 3 aromatic rings. The van der Waals surface area contributed by atoms with Crippen LogP contribution in [0.3, 0.4) is 0 Å². The molecule has 4 rings (SSSR count). The number of halogens is 1. The Labute approximate surface area is 206 Å². The summed E-state index contributed by atoms with van der Waals surface area (Å²) in [7, 11) is 2.78. The Morgan fingerprint density at radius 1 is 1.14 bits per heavy atom. The van der Waals surface area contributed by atoms with Crippen molar-refractivity contribution in [3.05, 3.63) is 64.4 Å². The average Bonchev–Trinajstić information content (AvgIpc) is 3.30. The van der Waals surface area contributed by atoms with Crippen molar-refractivity contribution in [1.29, 1.82) is 0 Å². The van der Waals surface area contributed by atoms with Crippen molar-refractivity contribution >= 4 is 46.1 Å². The summed E-state index contributed by atoms with van der Waals surface area (Å²) in [6, 6.07) is 9.90. The van der Waals surface area contributed by atoms with Gasteiger partial charge in [-0.05, 0) is 25.1 Å². The first-order chi connectivity index (χ1) is 16.7. The van der Waals surface area contributed by atoms with E-state index in [9.17, 15) is 19.2 Å². The SMILES string of the molecule is CON(C)C(=O)c1cc(Cl)nc2c(C(=O)C(=O)N3CCN(C(=O)c4ccccc4)C[C@H]3C)c[nH]c12. The summed E-state index contributed by atoms with van der Waals surface area (Å²) in [6.07, 6.45) is 1.34. The second-order valence-electron chi connectivity index (χ2n) is 8.20. The third-order valence-corrected chi connectivity index (χ3v) is 6.22. The normalized spacial score (nSPS) is 15.8. The minimum atomic E-state index is -0.779. The van der Waals surface area contributed by atoms with Gasteiger partial charge in [0.05, 0.1) is 23.8 Å². The summed E-state index contributed by atoms with van der Waals surface area (Å²) in [5.74, 6) is -2.11. The van der Waals surface area contributed by atoms with Crippen molar-refractivity contribution in [3.63, 3.8) is 0 Å². The number of pyridine rings is 1. The molecule has 0 aliphatic carbocycles. The Kier molecular flexibility index (Phi) is 6.86. The van der Waals surface area contributed by atoms with Gasteiger partial charge in [-0.1, -0.05) is 29.8 Å². The lowest BCUT2D eigenvalue weighted by Gasteiger charge is -2.39. The number of piperazine rings is 1. The molecule has 1 aromatic carbocycles. The summed E-state index contributed by atoms with van der Waals surface area (Å²) in [6.45, 7) is 2.60. The number of carbonyl (C=O) groups excluding carboxylic acids is 4. The number of Topliss-reactive ketones (excluding diaryl/α,β-unsaturated/α-hetero) is 1. The fraction of sp³-hybridized carbons (Fsp3) is 0.292. The maximum atomic E-state index is 13.2. The molecule has 1 fully saturated rings. The first-order valence-corrected chi connectivity index (χ1v) is 11.3. The number of hydrogen-bond acceptors (Lipinski definition) is 6. The number of aromatic nitrogens is 2. The predicted octanol–water partition coefficient (Wildman–Crippen LogP) is 2.41. The highest BCUT2D eigenvalue weighted by Gasteiger charge is 2.35. The molecule has 0 unspecified atom stereocenters. The third kappa shape index (κ3) is 4.62. The van der Waals surface area contributed by atoms with Crippen LogP contribution < -0.4 is 0 Å². The molecule has 2 aromatic heterocycles. The fourth-order valence-electron chi connectivity index (χ4n) is 4.11.